The van der Waals surface area contributed by atoms with Crippen LogP contribution in [0.2, 0.25) is 0 Å². The second kappa shape index (κ2) is 6.40. The van der Waals surface area contributed by atoms with Crippen LogP contribution in [-0.4, -0.2) is 23.9 Å². The lowest BCUT2D eigenvalue weighted by atomic mass is 10.00. The van der Waals surface area contributed by atoms with Gasteiger partial charge in [0.05, 0.1) is 6.54 Å². The lowest BCUT2D eigenvalue weighted by Gasteiger charge is -2.29. The predicted molar refractivity (Wildman–Crippen MR) is 82.4 cm³/mol. The maximum absolute atomic E-state index is 12.2. The largest absolute Gasteiger partial charge is 0.322 e. The summed E-state index contributed by atoms with van der Waals surface area (Å²) < 4.78 is 0. The first-order chi connectivity index (χ1) is 9.56. The molecule has 0 bridgehead atoms. The minimum Gasteiger partial charge on any atom is -0.322 e. The van der Waals surface area contributed by atoms with Gasteiger partial charge in [0.1, 0.15) is 6.17 Å². The third-order valence-electron chi connectivity index (χ3n) is 4.41. The van der Waals surface area contributed by atoms with E-state index in [0.29, 0.717) is 12.5 Å². The molecule has 0 saturated carbocycles. The van der Waals surface area contributed by atoms with Crippen LogP contribution in [0.1, 0.15) is 49.5 Å². The molecule has 3 heteroatoms. The van der Waals surface area contributed by atoms with E-state index >= 15 is 0 Å². The molecule has 1 aromatic carbocycles. The van der Waals surface area contributed by atoms with Gasteiger partial charge in [0.15, 0.2) is 0 Å². The summed E-state index contributed by atoms with van der Waals surface area (Å²) in [6.45, 7) is 9.95. The predicted octanol–water partition coefficient (Wildman–Crippen LogP) is 3.17. The van der Waals surface area contributed by atoms with E-state index in [0.717, 1.165) is 19.4 Å². The summed E-state index contributed by atoms with van der Waals surface area (Å²) in [6, 6.07) is 6.47. The van der Waals surface area contributed by atoms with Crippen molar-refractivity contribution in [1.29, 1.82) is 0 Å². The van der Waals surface area contributed by atoms with Gasteiger partial charge in [-0.1, -0.05) is 50.5 Å². The average molecular weight is 274 g/mol. The molecule has 1 aromatic rings. The highest BCUT2D eigenvalue weighted by Crippen LogP contribution is 2.27. The summed E-state index contributed by atoms with van der Waals surface area (Å²) in [6.07, 6.45) is 2.29. The number of nitrogens with zero attached hydrogens (tertiary/aromatic N) is 1. The van der Waals surface area contributed by atoms with E-state index in [1.165, 1.54) is 16.7 Å². The van der Waals surface area contributed by atoms with Gasteiger partial charge < -0.3 is 4.90 Å². The van der Waals surface area contributed by atoms with Crippen LogP contribution in [0.15, 0.2) is 18.2 Å². The van der Waals surface area contributed by atoms with E-state index < -0.39 is 0 Å². The molecule has 1 aliphatic rings. The maximum atomic E-state index is 12.2. The van der Waals surface area contributed by atoms with Crippen LogP contribution >= 0.6 is 0 Å². The molecule has 1 saturated heterocycles. The third kappa shape index (κ3) is 3.04. The Kier molecular flexibility index (Phi) is 4.81. The first-order valence-electron chi connectivity index (χ1n) is 7.66. The third-order valence-corrected chi connectivity index (χ3v) is 4.41. The van der Waals surface area contributed by atoms with Gasteiger partial charge in [0, 0.05) is 6.54 Å². The Balaban J connectivity index is 2.23. The molecule has 0 spiro atoms. The molecule has 0 radical (unpaired) electrons. The normalized spacial score (nSPS) is 19.1. The quantitative estimate of drug-likeness (QED) is 0.894. The molecule has 1 aliphatic heterocycles. The number of carbonyl (C=O) groups is 1. The van der Waals surface area contributed by atoms with Gasteiger partial charge >= 0.3 is 0 Å². The van der Waals surface area contributed by atoms with E-state index in [4.69, 9.17) is 0 Å². The molecule has 20 heavy (non-hydrogen) atoms. The van der Waals surface area contributed by atoms with Crippen molar-refractivity contribution in [2.24, 2.45) is 5.92 Å². The number of hydrogen-bond acceptors (Lipinski definition) is 2. The zero-order chi connectivity index (χ0) is 14.7. The molecular formula is C17H26N2O. The minimum absolute atomic E-state index is 0.0451. The summed E-state index contributed by atoms with van der Waals surface area (Å²) in [7, 11) is 0. The highest BCUT2D eigenvalue weighted by Gasteiger charge is 2.33. The summed E-state index contributed by atoms with van der Waals surface area (Å²) in [5.41, 5.74) is 3.75. The zero-order valence-corrected chi connectivity index (χ0v) is 13.1. The van der Waals surface area contributed by atoms with Crippen molar-refractivity contribution in [3.8, 4) is 0 Å². The lowest BCUT2D eigenvalue weighted by molar-refractivity contribution is -0.128. The van der Waals surface area contributed by atoms with Crippen molar-refractivity contribution in [2.75, 3.05) is 13.1 Å². The van der Waals surface area contributed by atoms with Gasteiger partial charge in [-0.05, 0) is 30.9 Å². The van der Waals surface area contributed by atoms with E-state index in [9.17, 15) is 4.79 Å². The number of nitrogens with one attached hydrogen (secondary N) is 1. The van der Waals surface area contributed by atoms with Crippen LogP contribution in [0.5, 0.6) is 0 Å². The van der Waals surface area contributed by atoms with Gasteiger partial charge in [-0.15, -0.1) is 0 Å². The molecule has 0 aromatic heterocycles. The number of carbonyl (C=O) groups excluding carboxylic acids is 1. The Labute approximate surface area is 122 Å². The SMILES string of the molecule is CCC(CC)CN1C(=O)CNC1c1ccc(C)cc1C. The van der Waals surface area contributed by atoms with Crippen LogP contribution in [0.25, 0.3) is 0 Å². The molecule has 1 amide bonds. The van der Waals surface area contributed by atoms with Gasteiger partial charge in [-0.2, -0.15) is 0 Å². The molecular weight excluding hydrogens is 248 g/mol. The highest BCUT2D eigenvalue weighted by atomic mass is 16.2. The molecule has 0 aliphatic carbocycles. The fraction of sp³-hybridized carbons (Fsp3) is 0.588. The van der Waals surface area contributed by atoms with Crippen molar-refractivity contribution in [1.82, 2.24) is 10.2 Å². The smallest absolute Gasteiger partial charge is 0.238 e. The van der Waals surface area contributed by atoms with Gasteiger partial charge in [-0.25, -0.2) is 0 Å². The Hall–Kier alpha value is -1.35. The number of benzene rings is 1. The van der Waals surface area contributed by atoms with E-state index in [1.54, 1.807) is 0 Å². The Morgan fingerprint density at radius 2 is 2.00 bits per heavy atom. The highest BCUT2D eigenvalue weighted by molar-refractivity contribution is 5.81. The van der Waals surface area contributed by atoms with Crippen LogP contribution in [0.4, 0.5) is 0 Å². The number of amides is 1. The summed E-state index contributed by atoms with van der Waals surface area (Å²) >= 11 is 0. The van der Waals surface area contributed by atoms with E-state index in [2.05, 4.69) is 51.2 Å². The van der Waals surface area contributed by atoms with Crippen LogP contribution in [0, 0.1) is 19.8 Å². The monoisotopic (exact) mass is 274 g/mol. The Bertz CT molecular complexity index is 480. The van der Waals surface area contributed by atoms with E-state index in [1.807, 2.05) is 4.90 Å². The standard InChI is InChI=1S/C17H26N2O/c1-5-14(6-2)11-19-16(20)10-18-17(19)15-8-7-12(3)9-13(15)4/h7-9,14,17-18H,5-6,10-11H2,1-4H3. The topological polar surface area (TPSA) is 32.3 Å². The van der Waals surface area contributed by atoms with Gasteiger partial charge in [0.2, 0.25) is 5.91 Å². The molecule has 1 heterocycles. The number of aryl methyl sites for hydroxylation is 2. The van der Waals surface area contributed by atoms with Crippen molar-refractivity contribution in [3.63, 3.8) is 0 Å². The fourth-order valence-electron chi connectivity index (χ4n) is 2.98. The van der Waals surface area contributed by atoms with Gasteiger partial charge in [0.25, 0.3) is 0 Å². The zero-order valence-electron chi connectivity index (χ0n) is 13.1. The maximum Gasteiger partial charge on any atom is 0.238 e. The summed E-state index contributed by atoms with van der Waals surface area (Å²) in [4.78, 5) is 14.2. The van der Waals surface area contributed by atoms with Crippen LogP contribution in [-0.2, 0) is 4.79 Å². The molecule has 2 rings (SSSR count). The van der Waals surface area contributed by atoms with Crippen molar-refractivity contribution >= 4 is 5.91 Å². The average Bonchev–Trinajstić information content (AvgIpc) is 2.77. The second-order valence-electron chi connectivity index (χ2n) is 5.87. The first-order valence-corrected chi connectivity index (χ1v) is 7.66. The molecule has 3 nitrogen and oxygen atoms in total. The Morgan fingerprint density at radius 3 is 2.60 bits per heavy atom. The second-order valence-corrected chi connectivity index (χ2v) is 5.87. The molecule has 110 valence electrons. The van der Waals surface area contributed by atoms with Crippen molar-refractivity contribution in [2.45, 2.75) is 46.7 Å². The molecule has 1 atom stereocenters. The summed E-state index contributed by atoms with van der Waals surface area (Å²) in [5, 5.41) is 3.36. The van der Waals surface area contributed by atoms with Crippen LogP contribution < -0.4 is 5.32 Å². The van der Waals surface area contributed by atoms with Crippen LogP contribution in [0.3, 0.4) is 0 Å². The first kappa shape index (κ1) is 15.0. The molecule has 1 N–H and O–H groups in total. The van der Waals surface area contributed by atoms with Crippen molar-refractivity contribution in [3.05, 3.63) is 34.9 Å². The van der Waals surface area contributed by atoms with Gasteiger partial charge in [-0.3, -0.25) is 10.1 Å². The van der Waals surface area contributed by atoms with E-state index in [-0.39, 0.29) is 12.1 Å². The summed E-state index contributed by atoms with van der Waals surface area (Å²) in [5.74, 6) is 0.814. The van der Waals surface area contributed by atoms with Crippen molar-refractivity contribution < 1.29 is 4.79 Å². The number of rotatable bonds is 5. The lowest BCUT2D eigenvalue weighted by Crippen LogP contribution is -2.34. The minimum atomic E-state index is 0.0451. The Morgan fingerprint density at radius 1 is 1.30 bits per heavy atom. The number of hydrogen-bond donors (Lipinski definition) is 1. The molecule has 1 unspecified atom stereocenters. The fourth-order valence-corrected chi connectivity index (χ4v) is 2.98. The molecule has 1 fully saturated rings.